The largest absolute Gasteiger partial charge is 0.379 e. The van der Waals surface area contributed by atoms with E-state index in [4.69, 9.17) is 9.72 Å². The van der Waals surface area contributed by atoms with Crippen LogP contribution in [0, 0.1) is 0 Å². The molecule has 1 saturated carbocycles. The van der Waals surface area contributed by atoms with Crippen molar-refractivity contribution < 1.29 is 9.53 Å². The highest BCUT2D eigenvalue weighted by atomic mass is 32.1. The highest BCUT2D eigenvalue weighted by Crippen LogP contribution is 2.35. The highest BCUT2D eigenvalue weighted by molar-refractivity contribution is 7.10. The number of morpholine rings is 1. The summed E-state index contributed by atoms with van der Waals surface area (Å²) < 4.78 is 7.31. The van der Waals surface area contributed by atoms with E-state index in [0.717, 1.165) is 39.1 Å². The van der Waals surface area contributed by atoms with Crippen LogP contribution in [0.5, 0.6) is 0 Å². The molecule has 8 heteroatoms. The first-order valence-electron chi connectivity index (χ1n) is 11.3. The van der Waals surface area contributed by atoms with Crippen molar-refractivity contribution in [3.8, 4) is 0 Å². The third-order valence-corrected chi connectivity index (χ3v) is 7.19. The molecular formula is C24H28N4O3S. The number of amides is 1. The molecule has 3 aromatic rings. The van der Waals surface area contributed by atoms with Gasteiger partial charge in [-0.15, -0.1) is 11.3 Å². The van der Waals surface area contributed by atoms with Crippen molar-refractivity contribution in [1.29, 1.82) is 0 Å². The molecule has 5 rings (SSSR count). The van der Waals surface area contributed by atoms with Crippen molar-refractivity contribution in [3.05, 3.63) is 62.8 Å². The van der Waals surface area contributed by atoms with E-state index in [0.29, 0.717) is 36.1 Å². The van der Waals surface area contributed by atoms with Gasteiger partial charge in [-0.05, 0) is 36.4 Å². The number of thiophene rings is 1. The van der Waals surface area contributed by atoms with E-state index in [1.54, 1.807) is 11.3 Å². The smallest absolute Gasteiger partial charge is 0.261 e. The lowest BCUT2D eigenvalue weighted by Gasteiger charge is -2.34. The maximum atomic E-state index is 13.0. The van der Waals surface area contributed by atoms with Gasteiger partial charge in [0, 0.05) is 43.4 Å². The molecule has 1 N–H and O–H groups in total. The monoisotopic (exact) mass is 452 g/mol. The van der Waals surface area contributed by atoms with Gasteiger partial charge in [-0.1, -0.05) is 18.2 Å². The van der Waals surface area contributed by atoms with Crippen LogP contribution in [-0.2, 0) is 16.0 Å². The Labute approximate surface area is 191 Å². The molecule has 0 spiro atoms. The number of rotatable bonds is 8. The number of carbonyl (C=O) groups excluding carboxylic acids is 1. The Morgan fingerprint density at radius 1 is 1.19 bits per heavy atom. The fourth-order valence-corrected chi connectivity index (χ4v) is 5.24. The topological polar surface area (TPSA) is 76.5 Å². The molecule has 1 unspecified atom stereocenters. The minimum absolute atomic E-state index is 0.00966. The molecule has 1 amide bonds. The Hall–Kier alpha value is -2.55. The molecule has 2 aliphatic rings. The van der Waals surface area contributed by atoms with E-state index in [9.17, 15) is 9.59 Å². The van der Waals surface area contributed by atoms with Crippen LogP contribution in [0.2, 0.25) is 0 Å². The molecule has 168 valence electrons. The average molecular weight is 453 g/mol. The van der Waals surface area contributed by atoms with Crippen LogP contribution in [0.4, 0.5) is 0 Å². The maximum Gasteiger partial charge on any atom is 0.261 e. The zero-order valence-corrected chi connectivity index (χ0v) is 18.9. The van der Waals surface area contributed by atoms with Gasteiger partial charge in [-0.2, -0.15) is 0 Å². The molecule has 1 atom stereocenters. The molecular weight excluding hydrogens is 424 g/mol. The number of para-hydroxylation sites is 1. The predicted molar refractivity (Wildman–Crippen MR) is 125 cm³/mol. The molecule has 2 fully saturated rings. The van der Waals surface area contributed by atoms with Crippen molar-refractivity contribution in [2.75, 3.05) is 32.8 Å². The molecule has 1 saturated heterocycles. The van der Waals surface area contributed by atoms with Gasteiger partial charge in [0.05, 0.1) is 30.2 Å². The number of benzene rings is 1. The molecule has 1 aliphatic heterocycles. The first kappa shape index (κ1) is 21.3. The van der Waals surface area contributed by atoms with Gasteiger partial charge in [-0.3, -0.25) is 19.1 Å². The lowest BCUT2D eigenvalue weighted by molar-refractivity contribution is -0.121. The number of carbonyl (C=O) groups is 1. The average Bonchev–Trinajstić information content (AvgIpc) is 3.51. The van der Waals surface area contributed by atoms with E-state index in [2.05, 4.69) is 27.7 Å². The van der Waals surface area contributed by atoms with E-state index in [1.165, 1.54) is 4.88 Å². The van der Waals surface area contributed by atoms with Crippen molar-refractivity contribution in [1.82, 2.24) is 19.8 Å². The minimum Gasteiger partial charge on any atom is -0.379 e. The summed E-state index contributed by atoms with van der Waals surface area (Å²) in [6.45, 7) is 3.75. The summed E-state index contributed by atoms with van der Waals surface area (Å²) in [6, 6.07) is 12.0. The van der Waals surface area contributed by atoms with Gasteiger partial charge in [0.2, 0.25) is 5.91 Å². The van der Waals surface area contributed by atoms with Crippen LogP contribution in [0.25, 0.3) is 10.9 Å². The number of fused-ring (bicyclic) bond motifs is 1. The van der Waals surface area contributed by atoms with Crippen LogP contribution < -0.4 is 10.9 Å². The van der Waals surface area contributed by atoms with E-state index in [1.807, 2.05) is 28.8 Å². The normalized spacial score (nSPS) is 18.0. The predicted octanol–water partition coefficient (Wildman–Crippen LogP) is 2.92. The quantitative estimate of drug-likeness (QED) is 0.569. The van der Waals surface area contributed by atoms with Crippen LogP contribution in [0.1, 0.15) is 42.0 Å². The number of hydrogen-bond acceptors (Lipinski definition) is 6. The van der Waals surface area contributed by atoms with Gasteiger partial charge in [-0.25, -0.2) is 4.98 Å². The van der Waals surface area contributed by atoms with E-state index >= 15 is 0 Å². The summed E-state index contributed by atoms with van der Waals surface area (Å²) in [4.78, 5) is 34.1. The first-order chi connectivity index (χ1) is 15.7. The summed E-state index contributed by atoms with van der Waals surface area (Å²) in [7, 11) is 0. The van der Waals surface area contributed by atoms with Crippen LogP contribution >= 0.6 is 11.3 Å². The number of aromatic nitrogens is 2. The summed E-state index contributed by atoms with van der Waals surface area (Å²) in [5.74, 6) is 0.707. The molecule has 32 heavy (non-hydrogen) atoms. The molecule has 1 aromatic carbocycles. The Kier molecular flexibility index (Phi) is 6.34. The Morgan fingerprint density at radius 3 is 2.75 bits per heavy atom. The second-order valence-electron chi connectivity index (χ2n) is 8.44. The SMILES string of the molecule is O=C(CCc1nc2ccccc2c(=O)n1C1CC1)NCC(c1cccs1)N1CCOCC1. The van der Waals surface area contributed by atoms with E-state index < -0.39 is 0 Å². The van der Waals surface area contributed by atoms with Gasteiger partial charge in [0.15, 0.2) is 0 Å². The number of ether oxygens (including phenoxy) is 1. The summed E-state index contributed by atoms with van der Waals surface area (Å²) in [6.07, 6.45) is 2.78. The van der Waals surface area contributed by atoms with Crippen molar-refractivity contribution in [2.45, 2.75) is 37.8 Å². The summed E-state index contributed by atoms with van der Waals surface area (Å²) in [5, 5.41) is 5.85. The Balaban J connectivity index is 1.26. The highest BCUT2D eigenvalue weighted by Gasteiger charge is 2.28. The van der Waals surface area contributed by atoms with Crippen LogP contribution in [0.3, 0.4) is 0 Å². The molecule has 0 bridgehead atoms. The lowest BCUT2D eigenvalue weighted by atomic mass is 10.1. The van der Waals surface area contributed by atoms with Gasteiger partial charge in [0.1, 0.15) is 5.82 Å². The Morgan fingerprint density at radius 2 is 2.00 bits per heavy atom. The minimum atomic E-state index is -0.00966. The lowest BCUT2D eigenvalue weighted by Crippen LogP contribution is -2.43. The first-order valence-corrected chi connectivity index (χ1v) is 12.2. The second kappa shape index (κ2) is 9.52. The van der Waals surface area contributed by atoms with Crippen molar-refractivity contribution in [3.63, 3.8) is 0 Å². The number of aryl methyl sites for hydroxylation is 1. The molecule has 3 heterocycles. The number of hydrogen-bond donors (Lipinski definition) is 1. The van der Waals surface area contributed by atoms with Crippen molar-refractivity contribution in [2.24, 2.45) is 0 Å². The second-order valence-corrected chi connectivity index (χ2v) is 9.41. The third-order valence-electron chi connectivity index (χ3n) is 6.22. The Bertz CT molecular complexity index is 1130. The standard InChI is InChI=1S/C24H28N4O3S/c29-23(25-16-20(21-6-3-15-32-21)27-11-13-31-14-12-27)10-9-22-26-19-5-2-1-4-18(19)24(30)28(22)17-7-8-17/h1-6,15,17,20H,7-14,16H2,(H,25,29). The van der Waals surface area contributed by atoms with Gasteiger partial charge in [0.25, 0.3) is 5.56 Å². The van der Waals surface area contributed by atoms with Crippen LogP contribution in [0.15, 0.2) is 46.6 Å². The number of nitrogens with zero attached hydrogens (tertiary/aromatic N) is 3. The van der Waals surface area contributed by atoms with Gasteiger partial charge >= 0.3 is 0 Å². The summed E-state index contributed by atoms with van der Waals surface area (Å²) >= 11 is 1.72. The third kappa shape index (κ3) is 4.62. The number of nitrogens with one attached hydrogen (secondary N) is 1. The van der Waals surface area contributed by atoms with E-state index in [-0.39, 0.29) is 23.6 Å². The zero-order chi connectivity index (χ0) is 21.9. The zero-order valence-electron chi connectivity index (χ0n) is 18.0. The molecule has 7 nitrogen and oxygen atoms in total. The molecule has 0 radical (unpaired) electrons. The van der Waals surface area contributed by atoms with Crippen molar-refractivity contribution >= 4 is 28.1 Å². The summed E-state index contributed by atoms with van der Waals surface area (Å²) in [5.41, 5.74) is 0.716. The molecule has 2 aromatic heterocycles. The van der Waals surface area contributed by atoms with Gasteiger partial charge < -0.3 is 10.1 Å². The fraction of sp³-hybridized carbons (Fsp3) is 0.458. The van der Waals surface area contributed by atoms with Crippen LogP contribution in [-0.4, -0.2) is 53.2 Å². The molecule has 1 aliphatic carbocycles. The maximum absolute atomic E-state index is 13.0. The fourth-order valence-electron chi connectivity index (χ4n) is 4.38.